The fourth-order valence-electron chi connectivity index (χ4n) is 4.88. The molecule has 0 saturated heterocycles. The first kappa shape index (κ1) is 22.6. The molecule has 0 radical (unpaired) electrons. The second-order valence-corrected chi connectivity index (χ2v) is 15.1. The van der Waals surface area contributed by atoms with Gasteiger partial charge in [0.2, 0.25) is 0 Å². The molecule has 2 aliphatic rings. The van der Waals surface area contributed by atoms with Gasteiger partial charge in [-0.2, -0.15) is 0 Å². The zero-order valence-corrected chi connectivity index (χ0v) is 20.4. The molecular formula is C27H30O4Ti. The van der Waals surface area contributed by atoms with Crippen LogP contribution < -0.4 is 3.87 Å². The van der Waals surface area contributed by atoms with E-state index in [1.165, 1.54) is 11.1 Å². The minimum absolute atomic E-state index is 0.260. The summed E-state index contributed by atoms with van der Waals surface area (Å²) >= 11 is -5.24. The van der Waals surface area contributed by atoms with E-state index >= 15 is 0 Å². The third-order valence-corrected chi connectivity index (χ3v) is 13.5. The van der Waals surface area contributed by atoms with Crippen molar-refractivity contribution >= 4 is 20.6 Å². The monoisotopic (exact) mass is 466 g/mol. The van der Waals surface area contributed by atoms with Crippen LogP contribution in [0.25, 0.3) is 11.1 Å². The summed E-state index contributed by atoms with van der Waals surface area (Å²) in [6.07, 6.45) is 8.96. The van der Waals surface area contributed by atoms with E-state index in [4.69, 9.17) is 6.64 Å². The fourth-order valence-corrected chi connectivity index (χ4v) is 11.5. The summed E-state index contributed by atoms with van der Waals surface area (Å²) in [5, 5.41) is 0. The van der Waals surface area contributed by atoms with Crippen LogP contribution in [0.5, 0.6) is 0 Å². The van der Waals surface area contributed by atoms with E-state index in [9.17, 15) is 9.59 Å². The van der Waals surface area contributed by atoms with Crippen LogP contribution in [0.4, 0.5) is 0 Å². The average molecular weight is 466 g/mol. The van der Waals surface area contributed by atoms with Crippen molar-refractivity contribution in [2.45, 2.75) is 52.4 Å². The Hall–Kier alpha value is -2.56. The molecule has 0 N–H and O–H groups in total. The Labute approximate surface area is 191 Å². The van der Waals surface area contributed by atoms with Crippen LogP contribution >= 0.6 is 0 Å². The van der Waals surface area contributed by atoms with Crippen LogP contribution in [0, 0.1) is 0 Å². The van der Waals surface area contributed by atoms with Crippen molar-refractivity contribution < 1.29 is 31.8 Å². The Kier molecular flexibility index (Phi) is 6.20. The Bertz CT molecular complexity index is 1180. The van der Waals surface area contributed by atoms with Gasteiger partial charge in [-0.25, -0.2) is 0 Å². The van der Waals surface area contributed by atoms with Gasteiger partial charge in [0.25, 0.3) is 0 Å². The Morgan fingerprint density at radius 3 is 2.22 bits per heavy atom. The Morgan fingerprint density at radius 1 is 0.938 bits per heavy atom. The van der Waals surface area contributed by atoms with E-state index in [1.807, 2.05) is 56.3 Å². The molecule has 2 aromatic rings. The van der Waals surface area contributed by atoms with Crippen molar-refractivity contribution in [2.75, 3.05) is 0 Å². The van der Waals surface area contributed by atoms with Crippen LogP contribution in [0.15, 0.2) is 64.6 Å². The predicted octanol–water partition coefficient (Wildman–Crippen LogP) is 5.37. The molecule has 32 heavy (non-hydrogen) atoms. The number of rotatable bonds is 8. The number of carbonyl (C=O) groups is 2. The summed E-state index contributed by atoms with van der Waals surface area (Å²) in [5.74, 6) is -0.713. The minimum atomic E-state index is -5.24. The van der Waals surface area contributed by atoms with E-state index in [1.54, 1.807) is 0 Å². The van der Waals surface area contributed by atoms with Gasteiger partial charge < -0.3 is 0 Å². The van der Waals surface area contributed by atoms with Gasteiger partial charge in [-0.05, 0) is 0 Å². The summed E-state index contributed by atoms with van der Waals surface area (Å²) in [6.45, 7) is 3.87. The number of benzene rings is 2. The number of fused-ring (bicyclic) bond motifs is 3. The summed E-state index contributed by atoms with van der Waals surface area (Å²) in [4.78, 5) is 30.6. The Balaban J connectivity index is 1.97. The molecule has 0 bridgehead atoms. The zero-order chi connectivity index (χ0) is 22.8. The van der Waals surface area contributed by atoms with E-state index < -0.39 is 15.6 Å². The van der Waals surface area contributed by atoms with E-state index in [-0.39, 0.29) is 24.8 Å². The molecule has 2 aromatic carbocycles. The number of hydrogen-bond acceptors (Lipinski definition) is 4. The zero-order valence-electron chi connectivity index (χ0n) is 18.9. The number of carbonyl (C=O) groups excluding carboxylic acids is 2. The van der Waals surface area contributed by atoms with E-state index in [0.717, 1.165) is 18.9 Å². The van der Waals surface area contributed by atoms with Gasteiger partial charge in [0.15, 0.2) is 0 Å². The van der Waals surface area contributed by atoms with Crippen molar-refractivity contribution in [2.24, 2.45) is 0 Å². The van der Waals surface area contributed by atoms with Crippen molar-refractivity contribution in [3.63, 3.8) is 0 Å². The maximum atomic E-state index is 13.0. The van der Waals surface area contributed by atoms with Crippen molar-refractivity contribution in [3.05, 3.63) is 75.7 Å². The second kappa shape index (κ2) is 8.76. The first-order valence-electron chi connectivity index (χ1n) is 11.4. The van der Waals surface area contributed by atoms with Gasteiger partial charge in [-0.1, -0.05) is 0 Å². The van der Waals surface area contributed by atoms with E-state index in [0.29, 0.717) is 25.7 Å². The van der Waals surface area contributed by atoms with Gasteiger partial charge in [0.05, 0.1) is 0 Å². The molecule has 0 aliphatic heterocycles. The third kappa shape index (κ3) is 3.76. The van der Waals surface area contributed by atoms with Crippen LogP contribution in [0.3, 0.4) is 0 Å². The summed E-state index contributed by atoms with van der Waals surface area (Å²) in [5.41, 5.74) is 4.54. The maximum absolute atomic E-state index is 13.0. The molecule has 166 valence electrons. The van der Waals surface area contributed by atoms with Crippen molar-refractivity contribution in [1.82, 2.24) is 0 Å². The third-order valence-electron chi connectivity index (χ3n) is 6.38. The number of allylic oxidation sites excluding steroid dienone is 4. The summed E-state index contributed by atoms with van der Waals surface area (Å²) in [6, 6.07) is 14.3. The number of hydrogen-bond donors (Lipinski definition) is 0. The van der Waals surface area contributed by atoms with Crippen LogP contribution in [0.1, 0.15) is 57.1 Å². The molecule has 0 fully saturated rings. The molecule has 4 rings (SSSR count). The quantitative estimate of drug-likeness (QED) is 0.419. The summed E-state index contributed by atoms with van der Waals surface area (Å²) in [7, 11) is 0. The van der Waals surface area contributed by atoms with Crippen LogP contribution in [0.2, 0.25) is 0 Å². The molecule has 0 aromatic heterocycles. The summed E-state index contributed by atoms with van der Waals surface area (Å²) < 4.78 is 14.4. The van der Waals surface area contributed by atoms with Crippen LogP contribution in [-0.4, -0.2) is 16.8 Å². The van der Waals surface area contributed by atoms with Crippen molar-refractivity contribution in [1.29, 1.82) is 0 Å². The molecule has 0 unspecified atom stereocenters. The topological polar surface area (TPSA) is 52.6 Å². The van der Waals surface area contributed by atoms with Gasteiger partial charge in [0, 0.05) is 0 Å². The molecule has 0 spiro atoms. The predicted molar refractivity (Wildman–Crippen MR) is 125 cm³/mol. The van der Waals surface area contributed by atoms with Crippen molar-refractivity contribution in [3.8, 4) is 11.1 Å². The molecule has 0 atom stereocenters. The molecule has 0 amide bonds. The van der Waals surface area contributed by atoms with Gasteiger partial charge in [-0.15, -0.1) is 0 Å². The van der Waals surface area contributed by atoms with E-state index in [2.05, 4.69) is 23.0 Å². The molecular weight excluding hydrogens is 436 g/mol. The Morgan fingerprint density at radius 2 is 1.59 bits per heavy atom. The van der Waals surface area contributed by atoms with Gasteiger partial charge in [-0.3, -0.25) is 0 Å². The normalized spacial score (nSPS) is 14.5. The fraction of sp³-hybridized carbons (Fsp3) is 0.296. The average Bonchev–Trinajstić information content (AvgIpc) is 3.42. The van der Waals surface area contributed by atoms with Gasteiger partial charge >= 0.3 is 192 Å². The molecule has 5 heteroatoms. The second-order valence-electron chi connectivity index (χ2n) is 8.70. The molecule has 4 nitrogen and oxygen atoms in total. The molecule has 0 saturated carbocycles. The molecule has 2 aliphatic carbocycles. The first-order valence-corrected chi connectivity index (χ1v) is 15.4. The first-order chi connectivity index (χ1) is 15.4. The standard InChI is InChI=1S/C13H9.C5H5.2C4H8O2.CH2.Ti/c1-3-7-12-10(5-1)9-11-6-2-4-8-13(11)12;1-2-4-5-3-1;2*1-2-3-4(5)6;;/h1-5,7-8H,9H2;1-3H,4H2;2*2-3H2,1H3,(H,5,6);1H2;/q;;;;;+2/p-2. The van der Waals surface area contributed by atoms with Crippen LogP contribution in [-0.2, 0) is 38.3 Å². The molecule has 0 heterocycles. The van der Waals surface area contributed by atoms with Gasteiger partial charge in [0.1, 0.15) is 0 Å². The SMILES string of the molecule is [CH2]=[Ti]([O]C(=O)CCC)([O]C(=O)CCC)([C]1=CC=CC1)[c]1cccc2c1Cc1ccccc1-2.